The van der Waals surface area contributed by atoms with Crippen LogP contribution in [0.1, 0.15) is 5.56 Å². The summed E-state index contributed by atoms with van der Waals surface area (Å²) < 4.78 is 0. The molecule has 0 spiro atoms. The van der Waals surface area contributed by atoms with Gasteiger partial charge in [-0.25, -0.2) is 4.79 Å². The molecule has 0 unspecified atom stereocenters. The van der Waals surface area contributed by atoms with Gasteiger partial charge in [0, 0.05) is 28.9 Å². The molecule has 0 radical (unpaired) electrons. The molecular weight excluding hydrogens is 410 g/mol. The van der Waals surface area contributed by atoms with Crippen molar-refractivity contribution in [3.63, 3.8) is 0 Å². The van der Waals surface area contributed by atoms with Gasteiger partial charge in [-0.3, -0.25) is 5.10 Å². The normalized spacial score (nSPS) is 10.8. The average Bonchev–Trinajstić information content (AvgIpc) is 3.28. The fourth-order valence-electron chi connectivity index (χ4n) is 3.83. The quantitative estimate of drug-likeness (QED) is 0.274. The Labute approximate surface area is 191 Å². The van der Waals surface area contributed by atoms with Crippen LogP contribution in [0.15, 0.2) is 97.1 Å². The van der Waals surface area contributed by atoms with E-state index in [9.17, 15) is 4.79 Å². The summed E-state index contributed by atoms with van der Waals surface area (Å²) in [6, 6.07) is 31.3. The summed E-state index contributed by atoms with van der Waals surface area (Å²) in [5.41, 5.74) is 13.2. The molecule has 162 valence electrons. The van der Waals surface area contributed by atoms with Crippen LogP contribution in [0.2, 0.25) is 0 Å². The minimum absolute atomic E-state index is 0.302. The topological polar surface area (TPSA) is 95.8 Å². The van der Waals surface area contributed by atoms with Gasteiger partial charge in [-0.1, -0.05) is 60.7 Å². The van der Waals surface area contributed by atoms with Gasteiger partial charge in [0.2, 0.25) is 0 Å². The monoisotopic (exact) mass is 433 g/mol. The van der Waals surface area contributed by atoms with Gasteiger partial charge in [0.1, 0.15) is 0 Å². The molecule has 0 aliphatic carbocycles. The number of aromatic nitrogens is 2. The highest BCUT2D eigenvalue weighted by Crippen LogP contribution is 2.30. The largest absolute Gasteiger partial charge is 0.326 e. The third-order valence-corrected chi connectivity index (χ3v) is 5.51. The fourth-order valence-corrected chi connectivity index (χ4v) is 3.83. The zero-order chi connectivity index (χ0) is 22.6. The SMILES string of the molecule is NCc1cccc(NC(=O)Nc2ccc(-c3ccc4c(-c5ccccc5)n[nH]c4c3)cc2)c1. The second-order valence-electron chi connectivity index (χ2n) is 7.76. The maximum absolute atomic E-state index is 12.3. The van der Waals surface area contributed by atoms with Crippen LogP contribution in [0.5, 0.6) is 0 Å². The van der Waals surface area contributed by atoms with E-state index in [0.717, 1.165) is 38.9 Å². The molecule has 0 aliphatic rings. The number of rotatable bonds is 5. The van der Waals surface area contributed by atoms with E-state index in [0.29, 0.717) is 17.9 Å². The van der Waals surface area contributed by atoms with Crippen molar-refractivity contribution in [3.8, 4) is 22.4 Å². The van der Waals surface area contributed by atoms with Crippen molar-refractivity contribution in [1.82, 2.24) is 10.2 Å². The maximum atomic E-state index is 12.3. The smallest absolute Gasteiger partial charge is 0.323 e. The van der Waals surface area contributed by atoms with E-state index in [2.05, 4.69) is 51.2 Å². The summed E-state index contributed by atoms with van der Waals surface area (Å²) in [6.45, 7) is 0.427. The molecule has 0 atom stereocenters. The number of anilines is 2. The minimum atomic E-state index is -0.302. The highest BCUT2D eigenvalue weighted by molar-refractivity contribution is 6.00. The summed E-state index contributed by atoms with van der Waals surface area (Å²) in [4.78, 5) is 12.3. The van der Waals surface area contributed by atoms with Crippen LogP contribution in [0.3, 0.4) is 0 Å². The predicted molar refractivity (Wildman–Crippen MR) is 134 cm³/mol. The first kappa shape index (κ1) is 20.5. The van der Waals surface area contributed by atoms with Crippen molar-refractivity contribution in [2.45, 2.75) is 6.54 Å². The Morgan fingerprint density at radius 3 is 2.30 bits per heavy atom. The van der Waals surface area contributed by atoms with Crippen LogP contribution < -0.4 is 16.4 Å². The average molecular weight is 434 g/mol. The molecule has 1 heterocycles. The number of nitrogens with zero attached hydrogens (tertiary/aromatic N) is 1. The van der Waals surface area contributed by atoms with E-state index in [1.165, 1.54) is 0 Å². The van der Waals surface area contributed by atoms with E-state index >= 15 is 0 Å². The van der Waals surface area contributed by atoms with Crippen LogP contribution in [0, 0.1) is 0 Å². The van der Waals surface area contributed by atoms with E-state index in [1.54, 1.807) is 0 Å². The number of hydrogen-bond donors (Lipinski definition) is 4. The molecule has 4 aromatic carbocycles. The number of nitrogens with one attached hydrogen (secondary N) is 3. The van der Waals surface area contributed by atoms with E-state index < -0.39 is 0 Å². The van der Waals surface area contributed by atoms with Crippen LogP contribution in [-0.2, 0) is 6.54 Å². The Morgan fingerprint density at radius 2 is 1.52 bits per heavy atom. The molecule has 0 aliphatic heterocycles. The lowest BCUT2D eigenvalue weighted by molar-refractivity contribution is 0.262. The minimum Gasteiger partial charge on any atom is -0.326 e. The van der Waals surface area contributed by atoms with Crippen molar-refractivity contribution in [1.29, 1.82) is 0 Å². The molecule has 5 aromatic rings. The zero-order valence-corrected chi connectivity index (χ0v) is 17.9. The number of H-pyrrole nitrogens is 1. The van der Waals surface area contributed by atoms with E-state index in [4.69, 9.17) is 5.73 Å². The molecule has 0 bridgehead atoms. The number of carbonyl (C=O) groups is 1. The standard InChI is InChI=1S/C27H23N5O/c28-17-18-5-4-8-23(15-18)30-27(33)29-22-12-9-19(10-13-22)21-11-14-24-25(16-21)31-32-26(24)20-6-2-1-3-7-20/h1-16H,17,28H2,(H,31,32)(H2,29,30,33). The Hall–Kier alpha value is -4.42. The second-order valence-corrected chi connectivity index (χ2v) is 7.76. The van der Waals surface area contributed by atoms with Crippen molar-refractivity contribution >= 4 is 28.3 Å². The van der Waals surface area contributed by atoms with Gasteiger partial charge >= 0.3 is 6.03 Å². The number of benzene rings is 4. The molecule has 0 saturated carbocycles. The zero-order valence-electron chi connectivity index (χ0n) is 17.9. The lowest BCUT2D eigenvalue weighted by Gasteiger charge is -2.09. The first-order valence-corrected chi connectivity index (χ1v) is 10.7. The number of urea groups is 1. The summed E-state index contributed by atoms with van der Waals surface area (Å²) in [5, 5.41) is 14.4. The molecular formula is C27H23N5O. The molecule has 2 amide bonds. The lowest BCUT2D eigenvalue weighted by Crippen LogP contribution is -2.19. The van der Waals surface area contributed by atoms with Crippen molar-refractivity contribution in [2.75, 3.05) is 10.6 Å². The number of hydrogen-bond acceptors (Lipinski definition) is 3. The molecule has 0 saturated heterocycles. The van der Waals surface area contributed by atoms with Crippen LogP contribution >= 0.6 is 0 Å². The van der Waals surface area contributed by atoms with Gasteiger partial charge in [0.15, 0.2) is 0 Å². The van der Waals surface area contributed by atoms with Gasteiger partial charge in [-0.05, 0) is 53.1 Å². The fraction of sp³-hybridized carbons (Fsp3) is 0.0370. The summed E-state index contributed by atoms with van der Waals surface area (Å²) in [6.07, 6.45) is 0. The Morgan fingerprint density at radius 1 is 0.758 bits per heavy atom. The van der Waals surface area contributed by atoms with Gasteiger partial charge in [0.25, 0.3) is 0 Å². The Balaban J connectivity index is 1.30. The number of nitrogens with two attached hydrogens (primary N) is 1. The highest BCUT2D eigenvalue weighted by Gasteiger charge is 2.09. The second kappa shape index (κ2) is 8.98. The molecule has 0 fully saturated rings. The summed E-state index contributed by atoms with van der Waals surface area (Å²) in [5.74, 6) is 0. The predicted octanol–water partition coefficient (Wildman–Crippen LogP) is 6.00. The molecule has 5 N–H and O–H groups in total. The number of carbonyl (C=O) groups excluding carboxylic acids is 1. The third-order valence-electron chi connectivity index (χ3n) is 5.51. The first-order chi connectivity index (χ1) is 16.2. The lowest BCUT2D eigenvalue weighted by atomic mass is 10.0. The third kappa shape index (κ3) is 4.46. The number of fused-ring (bicyclic) bond motifs is 1. The van der Waals surface area contributed by atoms with Crippen LogP contribution in [0.25, 0.3) is 33.3 Å². The van der Waals surface area contributed by atoms with Crippen molar-refractivity contribution < 1.29 is 4.79 Å². The van der Waals surface area contributed by atoms with Crippen LogP contribution in [-0.4, -0.2) is 16.2 Å². The molecule has 6 nitrogen and oxygen atoms in total. The summed E-state index contributed by atoms with van der Waals surface area (Å²) >= 11 is 0. The molecule has 1 aromatic heterocycles. The van der Waals surface area contributed by atoms with Gasteiger partial charge in [-0.2, -0.15) is 5.10 Å². The molecule has 33 heavy (non-hydrogen) atoms. The number of aromatic amines is 1. The molecule has 5 rings (SSSR count). The maximum Gasteiger partial charge on any atom is 0.323 e. The van der Waals surface area contributed by atoms with Crippen LogP contribution in [0.4, 0.5) is 16.2 Å². The number of amides is 2. The Bertz CT molecular complexity index is 1410. The highest BCUT2D eigenvalue weighted by atomic mass is 16.2. The van der Waals surface area contributed by atoms with Gasteiger partial charge in [0.05, 0.1) is 11.2 Å². The van der Waals surface area contributed by atoms with E-state index in [-0.39, 0.29) is 6.03 Å². The van der Waals surface area contributed by atoms with Crippen molar-refractivity contribution in [2.24, 2.45) is 5.73 Å². The summed E-state index contributed by atoms with van der Waals surface area (Å²) in [7, 11) is 0. The van der Waals surface area contributed by atoms with E-state index in [1.807, 2.05) is 66.7 Å². The van der Waals surface area contributed by atoms with Crippen molar-refractivity contribution in [3.05, 3.63) is 103 Å². The van der Waals surface area contributed by atoms with Gasteiger partial charge < -0.3 is 16.4 Å². The Kier molecular flexibility index (Phi) is 5.57. The first-order valence-electron chi connectivity index (χ1n) is 10.7. The molecule has 6 heteroatoms. The van der Waals surface area contributed by atoms with Gasteiger partial charge in [-0.15, -0.1) is 0 Å².